The Balaban J connectivity index is 1.70. The Bertz CT molecular complexity index is 1850. The predicted octanol–water partition coefficient (Wildman–Crippen LogP) is 9.08. The van der Waals surface area contributed by atoms with E-state index in [0.717, 1.165) is 5.56 Å². The van der Waals surface area contributed by atoms with Crippen molar-refractivity contribution >= 4 is 10.8 Å². The lowest BCUT2D eigenvalue weighted by atomic mass is 9.82. The third-order valence-corrected chi connectivity index (χ3v) is 8.47. The lowest BCUT2D eigenvalue weighted by Crippen LogP contribution is -2.11. The minimum absolute atomic E-state index is 0.0231. The van der Waals surface area contributed by atoms with Crippen LogP contribution in [-0.4, -0.2) is 37.3 Å². The second-order valence-electron chi connectivity index (χ2n) is 12.8. The first-order chi connectivity index (χ1) is 22.4. The molecule has 0 spiro atoms. The SMILES string of the molecule is CCOCCOC(O)c1cccc(Oc2cc(C(C)(C)C)cc3cc(C#N)c(C#N)c(-c4cc(F)cc(C5CC(F)C(F)C5)c4)c23)c1. The van der Waals surface area contributed by atoms with Gasteiger partial charge in [-0.3, -0.25) is 0 Å². The first-order valence-electron chi connectivity index (χ1n) is 15.6. The molecule has 0 saturated heterocycles. The number of alkyl halides is 2. The summed E-state index contributed by atoms with van der Waals surface area (Å²) >= 11 is 0. The van der Waals surface area contributed by atoms with E-state index in [1.54, 1.807) is 36.4 Å². The van der Waals surface area contributed by atoms with Crippen molar-refractivity contribution in [2.45, 2.75) is 70.5 Å². The first-order valence-corrected chi connectivity index (χ1v) is 15.6. The van der Waals surface area contributed by atoms with Gasteiger partial charge in [0.25, 0.3) is 0 Å². The van der Waals surface area contributed by atoms with Crippen molar-refractivity contribution in [1.29, 1.82) is 10.5 Å². The maximum atomic E-state index is 15.3. The van der Waals surface area contributed by atoms with E-state index in [4.69, 9.17) is 14.2 Å². The Labute approximate surface area is 272 Å². The van der Waals surface area contributed by atoms with Crippen LogP contribution in [0.5, 0.6) is 11.5 Å². The van der Waals surface area contributed by atoms with Gasteiger partial charge in [0.05, 0.1) is 24.3 Å². The van der Waals surface area contributed by atoms with Crippen molar-refractivity contribution in [1.82, 2.24) is 0 Å². The van der Waals surface area contributed by atoms with Crippen LogP contribution >= 0.6 is 0 Å². The largest absolute Gasteiger partial charge is 0.457 e. The molecule has 4 aromatic carbocycles. The molecule has 6 nitrogen and oxygen atoms in total. The number of nitrogens with zero attached hydrogens (tertiary/aromatic N) is 2. The highest BCUT2D eigenvalue weighted by Gasteiger charge is 2.36. The molecule has 1 fully saturated rings. The summed E-state index contributed by atoms with van der Waals surface area (Å²) < 4.78 is 60.9. The standard InChI is InChI=1S/C38H37F3N2O4/c1-5-45-9-10-46-37(44)22-7-6-8-30(16-22)47-34-19-28(38(2,3)4)13-25-12-27(20-42)31(21-43)35(36(25)34)26-11-23(14-29(39)15-26)24-17-32(40)33(41)18-24/h6-8,11-16,19,24,32-33,37,44H,5,9-10,17-18H2,1-4H3. The van der Waals surface area contributed by atoms with Crippen LogP contribution in [0.4, 0.5) is 13.2 Å². The Morgan fingerprint density at radius 2 is 1.70 bits per heavy atom. The maximum absolute atomic E-state index is 15.3. The van der Waals surface area contributed by atoms with E-state index in [1.807, 2.05) is 39.8 Å². The van der Waals surface area contributed by atoms with E-state index < -0.39 is 30.4 Å². The van der Waals surface area contributed by atoms with Gasteiger partial charge in [-0.2, -0.15) is 10.5 Å². The Kier molecular flexibility index (Phi) is 10.2. The lowest BCUT2D eigenvalue weighted by Gasteiger charge is -2.23. The quantitative estimate of drug-likeness (QED) is 0.137. The molecular weight excluding hydrogens is 605 g/mol. The normalized spacial score (nSPS) is 18.6. The van der Waals surface area contributed by atoms with Crippen LogP contribution in [0.1, 0.15) is 80.6 Å². The summed E-state index contributed by atoms with van der Waals surface area (Å²) in [6.07, 6.45) is -4.65. The number of nitriles is 2. The van der Waals surface area contributed by atoms with Crippen LogP contribution < -0.4 is 4.74 Å². The number of rotatable bonds is 10. The molecule has 1 aliphatic rings. The van der Waals surface area contributed by atoms with Gasteiger partial charge in [-0.15, -0.1) is 0 Å². The van der Waals surface area contributed by atoms with Gasteiger partial charge < -0.3 is 19.3 Å². The average molecular weight is 643 g/mol. The smallest absolute Gasteiger partial charge is 0.181 e. The van der Waals surface area contributed by atoms with Gasteiger partial charge in [-0.25, -0.2) is 13.2 Å². The maximum Gasteiger partial charge on any atom is 0.181 e. The van der Waals surface area contributed by atoms with E-state index in [2.05, 4.69) is 12.1 Å². The molecule has 4 aromatic rings. The molecule has 5 rings (SSSR count). The van der Waals surface area contributed by atoms with Crippen LogP contribution in [0, 0.1) is 28.5 Å². The summed E-state index contributed by atoms with van der Waals surface area (Å²) in [5, 5.41) is 32.1. The Hall–Kier alpha value is -4.41. The second-order valence-corrected chi connectivity index (χ2v) is 12.8. The number of aliphatic hydroxyl groups is 1. The number of hydrogen-bond acceptors (Lipinski definition) is 6. The molecule has 244 valence electrons. The van der Waals surface area contributed by atoms with Gasteiger partial charge in [0, 0.05) is 23.1 Å². The fourth-order valence-corrected chi connectivity index (χ4v) is 6.03. The number of ether oxygens (including phenoxy) is 3. The van der Waals surface area contributed by atoms with Gasteiger partial charge in [0.2, 0.25) is 0 Å². The van der Waals surface area contributed by atoms with Crippen molar-refractivity contribution in [3.8, 4) is 34.8 Å². The zero-order chi connectivity index (χ0) is 33.9. The van der Waals surface area contributed by atoms with Gasteiger partial charge in [0.15, 0.2) is 6.29 Å². The number of benzene rings is 4. The fourth-order valence-electron chi connectivity index (χ4n) is 6.03. The van der Waals surface area contributed by atoms with Crippen LogP contribution in [0.25, 0.3) is 21.9 Å². The minimum atomic E-state index is -1.63. The van der Waals surface area contributed by atoms with Gasteiger partial charge in [-0.05, 0) is 89.6 Å². The third kappa shape index (κ3) is 7.44. The molecule has 3 atom stereocenters. The summed E-state index contributed by atoms with van der Waals surface area (Å²) in [4.78, 5) is 0. The van der Waals surface area contributed by atoms with E-state index in [0.29, 0.717) is 46.6 Å². The summed E-state index contributed by atoms with van der Waals surface area (Å²) in [7, 11) is 0. The van der Waals surface area contributed by atoms with E-state index >= 15 is 4.39 Å². The molecule has 0 aromatic heterocycles. The van der Waals surface area contributed by atoms with Crippen LogP contribution in [0.15, 0.2) is 60.7 Å². The summed E-state index contributed by atoms with van der Waals surface area (Å²) in [5.74, 6) is -0.468. The van der Waals surface area contributed by atoms with Crippen molar-refractivity contribution in [3.63, 3.8) is 0 Å². The molecule has 47 heavy (non-hydrogen) atoms. The molecule has 1 aliphatic carbocycles. The van der Waals surface area contributed by atoms with E-state index in [9.17, 15) is 24.4 Å². The van der Waals surface area contributed by atoms with Gasteiger partial charge in [-0.1, -0.05) is 45.0 Å². The van der Waals surface area contributed by atoms with Crippen LogP contribution in [0.3, 0.4) is 0 Å². The highest BCUT2D eigenvalue weighted by molar-refractivity contribution is 6.05. The molecule has 9 heteroatoms. The number of aliphatic hydroxyl groups excluding tert-OH is 1. The summed E-state index contributed by atoms with van der Waals surface area (Å²) in [6, 6.07) is 20.5. The van der Waals surface area contributed by atoms with Crippen molar-refractivity contribution in [2.75, 3.05) is 19.8 Å². The fraction of sp³-hybridized carbons (Fsp3) is 0.368. The molecule has 0 bridgehead atoms. The second kappa shape index (κ2) is 14.1. The molecule has 0 amide bonds. The van der Waals surface area contributed by atoms with Crippen LogP contribution in [-0.2, 0) is 14.9 Å². The number of halogens is 3. The zero-order valence-corrected chi connectivity index (χ0v) is 26.8. The monoisotopic (exact) mass is 642 g/mol. The van der Waals surface area contributed by atoms with Crippen molar-refractivity contribution < 1.29 is 32.5 Å². The first kappa shape index (κ1) is 33.9. The van der Waals surface area contributed by atoms with Gasteiger partial charge >= 0.3 is 0 Å². The van der Waals surface area contributed by atoms with Crippen molar-refractivity contribution in [3.05, 3.63) is 94.3 Å². The van der Waals surface area contributed by atoms with Crippen LogP contribution in [0.2, 0.25) is 0 Å². The average Bonchev–Trinajstić information content (AvgIpc) is 3.38. The molecule has 0 heterocycles. The van der Waals surface area contributed by atoms with E-state index in [-0.39, 0.29) is 47.1 Å². The molecular formula is C38H37F3N2O4. The molecule has 1 saturated carbocycles. The number of hydrogen-bond donors (Lipinski definition) is 1. The topological polar surface area (TPSA) is 95.5 Å². The molecule has 3 unspecified atom stereocenters. The summed E-state index contributed by atoms with van der Waals surface area (Å²) in [6.45, 7) is 9.00. The lowest BCUT2D eigenvalue weighted by molar-refractivity contribution is -0.115. The molecule has 0 aliphatic heterocycles. The molecule has 0 radical (unpaired) electrons. The highest BCUT2D eigenvalue weighted by Crippen LogP contribution is 2.45. The van der Waals surface area contributed by atoms with E-state index in [1.165, 1.54) is 12.1 Å². The molecule has 1 N–H and O–H groups in total. The Morgan fingerprint density at radius 3 is 2.36 bits per heavy atom. The van der Waals surface area contributed by atoms with Crippen molar-refractivity contribution in [2.24, 2.45) is 0 Å². The number of fused-ring (bicyclic) bond motifs is 1. The predicted molar refractivity (Wildman–Crippen MR) is 173 cm³/mol. The third-order valence-electron chi connectivity index (χ3n) is 8.47. The Morgan fingerprint density at radius 1 is 0.957 bits per heavy atom. The van der Waals surface area contributed by atoms with Gasteiger partial charge in [0.1, 0.15) is 41.8 Å². The summed E-state index contributed by atoms with van der Waals surface area (Å²) in [5.41, 5.74) is 2.08. The zero-order valence-electron chi connectivity index (χ0n) is 26.8. The minimum Gasteiger partial charge on any atom is -0.457 e. The highest BCUT2D eigenvalue weighted by atomic mass is 19.2.